The molecule has 0 saturated carbocycles. The number of nitrogens with zero attached hydrogens (tertiary/aromatic N) is 2. The molecule has 0 aromatic carbocycles. The second-order valence-electron chi connectivity index (χ2n) is 1.37. The average molecular weight is 192 g/mol. The largest absolute Gasteiger partial charge is 0.230 e. The van der Waals surface area contributed by atoms with Crippen LogP contribution < -0.4 is 0 Å². The molecule has 0 unspecified atom stereocenters. The number of hydrogen-bond acceptors (Lipinski definition) is 2. The first-order valence-corrected chi connectivity index (χ1v) is 3.02. The zero-order valence-corrected chi connectivity index (χ0v) is 6.01. The van der Waals surface area contributed by atoms with Crippen LogP contribution in [0.15, 0.2) is 17.1 Å². The van der Waals surface area contributed by atoms with Crippen LogP contribution in [0.4, 0.5) is 0 Å². The lowest BCUT2D eigenvalue weighted by molar-refractivity contribution is 1.02. The molecule has 1 rings (SSSR count). The van der Waals surface area contributed by atoms with E-state index in [4.69, 9.17) is 6.85 Å². The van der Waals surface area contributed by atoms with Crippen molar-refractivity contribution in [2.45, 2.75) is 13.2 Å². The van der Waals surface area contributed by atoms with Gasteiger partial charge < -0.3 is 0 Å². The van der Waals surface area contributed by atoms with Crippen LogP contribution in [-0.4, -0.2) is 9.97 Å². The van der Waals surface area contributed by atoms with Gasteiger partial charge in [0.25, 0.3) is 0 Å². The van der Waals surface area contributed by atoms with Crippen molar-refractivity contribution in [1.82, 2.24) is 9.97 Å². The Bertz CT molecular complexity index is 320. The third-order valence-electron chi connectivity index (χ3n) is 0.765. The average Bonchev–Trinajstić information content (AvgIpc) is 2.03. The zero-order chi connectivity index (χ0) is 11.0. The van der Waals surface area contributed by atoms with E-state index in [-0.39, 0.29) is 5.56 Å². The van der Waals surface area contributed by atoms with Gasteiger partial charge in [0.15, 0.2) is 4.73 Å². The van der Waals surface area contributed by atoms with Crippen molar-refractivity contribution in [2.75, 3.05) is 0 Å². The summed E-state index contributed by atoms with van der Waals surface area (Å²) in [5.74, 6) is 0. The van der Waals surface area contributed by atoms with E-state index in [0.29, 0.717) is 4.73 Å². The maximum absolute atomic E-state index is 7.40. The summed E-state index contributed by atoms with van der Waals surface area (Å²) in [5, 5.41) is 0. The van der Waals surface area contributed by atoms with Crippen molar-refractivity contribution in [1.29, 1.82) is 0 Å². The predicted octanol–water partition coefficient (Wildman–Crippen LogP) is 1.80. The Hall–Kier alpha value is -0.440. The summed E-state index contributed by atoms with van der Waals surface area (Å²) in [4.78, 5) is 7.35. The highest BCUT2D eigenvalue weighted by Gasteiger charge is 1.88. The molecule has 0 atom stereocenters. The van der Waals surface area contributed by atoms with Crippen LogP contribution >= 0.6 is 15.9 Å². The highest BCUT2D eigenvalue weighted by atomic mass is 79.9. The molecule has 3 heteroatoms. The molecule has 0 fully saturated rings. The van der Waals surface area contributed by atoms with Crippen LogP contribution in [0.3, 0.4) is 0 Å². The van der Waals surface area contributed by atoms with Crippen molar-refractivity contribution in [3.8, 4) is 0 Å². The zero-order valence-electron chi connectivity index (χ0n) is 9.43. The number of aromatic nitrogens is 2. The van der Waals surface area contributed by atoms with Gasteiger partial charge in [-0.3, -0.25) is 0 Å². The van der Waals surface area contributed by atoms with Gasteiger partial charge in [0.2, 0.25) is 0 Å². The molecule has 2 nitrogen and oxygen atoms in total. The standard InChI is InChI=1S/C6H7BrN2/c1-2-5-3-8-6(7)9-4-5/h3-4H,2H2,1H3/i1D3,2D2. The first kappa shape index (κ1) is 2.66. The molecule has 0 aliphatic rings. The molecule has 48 valence electrons. The van der Waals surface area contributed by atoms with Crippen molar-refractivity contribution in [2.24, 2.45) is 0 Å². The molecule has 1 heterocycles. The summed E-state index contributed by atoms with van der Waals surface area (Å²) >= 11 is 2.98. The lowest BCUT2D eigenvalue weighted by Gasteiger charge is -1.91. The van der Waals surface area contributed by atoms with E-state index in [9.17, 15) is 0 Å². The van der Waals surface area contributed by atoms with Gasteiger partial charge in [-0.2, -0.15) is 0 Å². The minimum absolute atomic E-state index is 0.0549. The fourth-order valence-electron chi connectivity index (χ4n) is 0.377. The van der Waals surface area contributed by atoms with E-state index in [2.05, 4.69) is 25.9 Å². The summed E-state index contributed by atoms with van der Waals surface area (Å²) < 4.78 is 36.1. The molecule has 0 radical (unpaired) electrons. The fraction of sp³-hybridized carbons (Fsp3) is 0.333. The van der Waals surface area contributed by atoms with Crippen molar-refractivity contribution in [3.05, 3.63) is 22.7 Å². The van der Waals surface area contributed by atoms with Crippen LogP contribution in [-0.2, 0) is 6.37 Å². The highest BCUT2D eigenvalue weighted by molar-refractivity contribution is 9.10. The Morgan fingerprint density at radius 1 is 1.78 bits per heavy atom. The SMILES string of the molecule is [2H]C([2H])([2H])C([2H])([2H])c1cnc(Br)nc1. The van der Waals surface area contributed by atoms with Crippen molar-refractivity contribution in [3.63, 3.8) is 0 Å². The minimum atomic E-state index is -2.72. The molecule has 1 aromatic heterocycles. The Labute approximate surface area is 69.5 Å². The van der Waals surface area contributed by atoms with Crippen LogP contribution in [0.1, 0.15) is 19.3 Å². The van der Waals surface area contributed by atoms with Crippen LogP contribution in [0.5, 0.6) is 0 Å². The van der Waals surface area contributed by atoms with Crippen LogP contribution in [0.2, 0.25) is 0 Å². The predicted molar refractivity (Wildman–Crippen MR) is 39.1 cm³/mol. The molecule has 0 bridgehead atoms. The van der Waals surface area contributed by atoms with Crippen LogP contribution in [0.25, 0.3) is 0 Å². The number of hydrogen-bond donors (Lipinski definition) is 0. The summed E-state index contributed by atoms with van der Waals surface area (Å²) in [6.07, 6.45) is -0.111. The highest BCUT2D eigenvalue weighted by Crippen LogP contribution is 2.01. The summed E-state index contributed by atoms with van der Waals surface area (Å²) in [5.41, 5.74) is -0.0549. The molecule has 1 aromatic rings. The van der Waals surface area contributed by atoms with Crippen molar-refractivity contribution < 1.29 is 6.85 Å². The Morgan fingerprint density at radius 2 is 2.44 bits per heavy atom. The lowest BCUT2D eigenvalue weighted by atomic mass is 10.3. The Kier molecular flexibility index (Phi) is 0.862. The van der Waals surface area contributed by atoms with E-state index in [1.807, 2.05) is 0 Å². The second-order valence-corrected chi connectivity index (χ2v) is 2.08. The normalized spacial score (nSPS) is 20.8. The lowest BCUT2D eigenvalue weighted by Crippen LogP contribution is -1.85. The summed E-state index contributed by atoms with van der Waals surface area (Å²) in [6.45, 7) is -2.72. The van der Waals surface area contributed by atoms with E-state index in [0.717, 1.165) is 12.4 Å². The van der Waals surface area contributed by atoms with Gasteiger partial charge in [0, 0.05) is 19.2 Å². The summed E-state index contributed by atoms with van der Waals surface area (Å²) in [6, 6.07) is 0. The molecule has 0 aliphatic heterocycles. The third-order valence-corrected chi connectivity index (χ3v) is 1.17. The summed E-state index contributed by atoms with van der Waals surface area (Å²) in [7, 11) is 0. The number of aryl methyl sites for hydroxylation is 1. The van der Waals surface area contributed by atoms with Gasteiger partial charge in [-0.1, -0.05) is 6.85 Å². The van der Waals surface area contributed by atoms with Gasteiger partial charge in [-0.25, -0.2) is 9.97 Å². The van der Waals surface area contributed by atoms with Gasteiger partial charge in [-0.15, -0.1) is 0 Å². The molecule has 0 spiro atoms. The molecule has 0 saturated heterocycles. The van der Waals surface area contributed by atoms with Gasteiger partial charge in [0.1, 0.15) is 0 Å². The molecular formula is C6H7BrN2. The maximum atomic E-state index is 7.40. The van der Waals surface area contributed by atoms with E-state index >= 15 is 0 Å². The second kappa shape index (κ2) is 2.92. The van der Waals surface area contributed by atoms with E-state index < -0.39 is 13.2 Å². The topological polar surface area (TPSA) is 25.8 Å². The molecule has 0 aliphatic carbocycles. The Morgan fingerprint density at radius 3 is 3.00 bits per heavy atom. The minimum Gasteiger partial charge on any atom is -0.230 e. The molecule has 0 N–H and O–H groups in total. The quantitative estimate of drug-likeness (QED) is 0.634. The van der Waals surface area contributed by atoms with Crippen LogP contribution in [0, 0.1) is 0 Å². The van der Waals surface area contributed by atoms with Gasteiger partial charge >= 0.3 is 0 Å². The van der Waals surface area contributed by atoms with Crippen molar-refractivity contribution >= 4 is 15.9 Å². The van der Waals surface area contributed by atoms with E-state index in [1.165, 1.54) is 0 Å². The monoisotopic (exact) mass is 191 g/mol. The smallest absolute Gasteiger partial charge is 0.196 e. The fourth-order valence-corrected chi connectivity index (χ4v) is 0.582. The molecule has 0 amide bonds. The molecular weight excluding hydrogens is 180 g/mol. The first-order valence-electron chi connectivity index (χ1n) is 4.73. The number of rotatable bonds is 1. The third kappa shape index (κ3) is 1.75. The molecule has 9 heavy (non-hydrogen) atoms. The Balaban J connectivity index is 3.10. The van der Waals surface area contributed by atoms with Gasteiger partial charge in [-0.05, 0) is 27.9 Å². The van der Waals surface area contributed by atoms with Gasteiger partial charge in [0.05, 0.1) is 0 Å². The maximum Gasteiger partial charge on any atom is 0.196 e. The van der Waals surface area contributed by atoms with E-state index in [1.54, 1.807) is 0 Å². The number of halogens is 1. The first-order chi connectivity index (χ1) is 6.25.